The van der Waals surface area contributed by atoms with Gasteiger partial charge in [0.05, 0.1) is 12.5 Å². The van der Waals surface area contributed by atoms with E-state index < -0.39 is 0 Å². The summed E-state index contributed by atoms with van der Waals surface area (Å²) in [4.78, 5) is 26.2. The van der Waals surface area contributed by atoms with Crippen molar-refractivity contribution in [2.24, 2.45) is 5.92 Å². The van der Waals surface area contributed by atoms with Crippen molar-refractivity contribution in [3.05, 3.63) is 42.1 Å². The van der Waals surface area contributed by atoms with E-state index in [2.05, 4.69) is 15.2 Å². The van der Waals surface area contributed by atoms with Gasteiger partial charge < -0.3 is 19.9 Å². The van der Waals surface area contributed by atoms with E-state index in [-0.39, 0.29) is 11.8 Å². The number of carbonyl (C=O) groups excluding carboxylic acids is 1. The van der Waals surface area contributed by atoms with Gasteiger partial charge in [0.2, 0.25) is 11.9 Å². The van der Waals surface area contributed by atoms with Gasteiger partial charge in [0, 0.05) is 37.9 Å². The van der Waals surface area contributed by atoms with E-state index in [1.54, 1.807) is 0 Å². The minimum absolute atomic E-state index is 0.0124. The average Bonchev–Trinajstić information content (AvgIpc) is 2.78. The Labute approximate surface area is 179 Å². The summed E-state index contributed by atoms with van der Waals surface area (Å²) >= 11 is 0. The van der Waals surface area contributed by atoms with E-state index in [1.807, 2.05) is 62.1 Å². The van der Waals surface area contributed by atoms with Gasteiger partial charge in [-0.1, -0.05) is 18.2 Å². The fourth-order valence-electron chi connectivity index (χ4n) is 3.80. The molecule has 7 nitrogen and oxygen atoms in total. The van der Waals surface area contributed by atoms with Gasteiger partial charge in [0.25, 0.3) is 0 Å². The lowest BCUT2D eigenvalue weighted by Crippen LogP contribution is -2.45. The molecular formula is C23H33N5O2. The molecule has 7 heteroatoms. The molecule has 1 aliphatic rings. The number of amides is 1. The Bertz CT molecular complexity index is 810. The quantitative estimate of drug-likeness (QED) is 0.638. The van der Waals surface area contributed by atoms with Crippen LogP contribution in [0.4, 0.5) is 11.8 Å². The second-order valence-electron chi connectivity index (χ2n) is 7.58. The average molecular weight is 412 g/mol. The van der Waals surface area contributed by atoms with E-state index in [1.165, 1.54) is 0 Å². The smallest absolute Gasteiger partial charge is 0.227 e. The molecule has 1 fully saturated rings. The molecule has 1 N–H and O–H groups in total. The van der Waals surface area contributed by atoms with Gasteiger partial charge in [0.15, 0.2) is 0 Å². The van der Waals surface area contributed by atoms with Crippen molar-refractivity contribution < 1.29 is 9.53 Å². The normalized spacial score (nSPS) is 16.2. The lowest BCUT2D eigenvalue weighted by atomic mass is 9.96. The van der Waals surface area contributed by atoms with Gasteiger partial charge in [-0.2, -0.15) is 4.98 Å². The molecule has 1 saturated heterocycles. The van der Waals surface area contributed by atoms with Crippen LogP contribution in [0, 0.1) is 12.8 Å². The third kappa shape index (κ3) is 5.84. The number of nitrogens with zero attached hydrogens (tertiary/aromatic N) is 4. The van der Waals surface area contributed by atoms with Crippen LogP contribution in [0.15, 0.2) is 36.4 Å². The highest BCUT2D eigenvalue weighted by Gasteiger charge is 2.29. The summed E-state index contributed by atoms with van der Waals surface area (Å²) < 4.78 is 5.73. The second-order valence-corrected chi connectivity index (χ2v) is 7.58. The number of carbonyl (C=O) groups is 1. The molecule has 1 amide bonds. The Morgan fingerprint density at radius 3 is 2.73 bits per heavy atom. The van der Waals surface area contributed by atoms with Gasteiger partial charge in [-0.15, -0.1) is 0 Å². The number of piperidine rings is 1. The third-order valence-corrected chi connectivity index (χ3v) is 5.39. The van der Waals surface area contributed by atoms with Crippen LogP contribution >= 0.6 is 0 Å². The van der Waals surface area contributed by atoms with Crippen LogP contribution in [0.5, 0.6) is 5.75 Å². The Kier molecular flexibility index (Phi) is 7.88. The van der Waals surface area contributed by atoms with Crippen LogP contribution in [-0.4, -0.2) is 60.1 Å². The summed E-state index contributed by atoms with van der Waals surface area (Å²) in [5, 5.41) is 3.33. The molecule has 2 aromatic rings. The molecule has 0 aliphatic carbocycles. The number of aryl methyl sites for hydroxylation is 1. The maximum absolute atomic E-state index is 12.8. The SMILES string of the molecule is CCN(CC)C(=O)C1CCCN(c2nc(C)cc(NCCOc3ccccc3)n2)C1. The summed E-state index contributed by atoms with van der Waals surface area (Å²) in [6, 6.07) is 11.7. The van der Waals surface area contributed by atoms with Crippen LogP contribution in [0.3, 0.4) is 0 Å². The zero-order valence-electron chi connectivity index (χ0n) is 18.3. The number of aromatic nitrogens is 2. The minimum Gasteiger partial charge on any atom is -0.492 e. The first-order valence-electron chi connectivity index (χ1n) is 10.9. The van der Waals surface area contributed by atoms with Crippen LogP contribution in [0.2, 0.25) is 0 Å². The number of ether oxygens (including phenoxy) is 1. The third-order valence-electron chi connectivity index (χ3n) is 5.39. The van der Waals surface area contributed by atoms with Crippen molar-refractivity contribution in [2.75, 3.05) is 49.5 Å². The van der Waals surface area contributed by atoms with Crippen LogP contribution < -0.4 is 15.0 Å². The molecule has 1 unspecified atom stereocenters. The van der Waals surface area contributed by atoms with E-state index in [4.69, 9.17) is 9.72 Å². The topological polar surface area (TPSA) is 70.6 Å². The summed E-state index contributed by atoms with van der Waals surface area (Å²) in [7, 11) is 0. The van der Waals surface area contributed by atoms with Crippen molar-refractivity contribution in [3.8, 4) is 5.75 Å². The maximum Gasteiger partial charge on any atom is 0.227 e. The van der Waals surface area contributed by atoms with Gasteiger partial charge in [-0.25, -0.2) is 4.98 Å². The van der Waals surface area contributed by atoms with E-state index in [0.717, 1.165) is 49.7 Å². The number of para-hydroxylation sites is 1. The van der Waals surface area contributed by atoms with Gasteiger partial charge in [-0.05, 0) is 45.7 Å². The predicted octanol–water partition coefficient (Wildman–Crippen LogP) is 3.36. The van der Waals surface area contributed by atoms with Gasteiger partial charge in [-0.3, -0.25) is 4.79 Å². The molecule has 3 rings (SSSR count). The van der Waals surface area contributed by atoms with E-state index >= 15 is 0 Å². The summed E-state index contributed by atoms with van der Waals surface area (Å²) in [5.41, 5.74) is 0.906. The van der Waals surface area contributed by atoms with Crippen molar-refractivity contribution in [2.45, 2.75) is 33.6 Å². The van der Waals surface area contributed by atoms with Crippen LogP contribution in [0.25, 0.3) is 0 Å². The maximum atomic E-state index is 12.8. The van der Waals surface area contributed by atoms with Crippen molar-refractivity contribution >= 4 is 17.7 Å². The summed E-state index contributed by atoms with van der Waals surface area (Å²) in [6.07, 6.45) is 1.90. The molecule has 0 radical (unpaired) electrons. The minimum atomic E-state index is 0.0124. The first-order chi connectivity index (χ1) is 14.6. The molecule has 2 heterocycles. The zero-order chi connectivity index (χ0) is 21.3. The first-order valence-corrected chi connectivity index (χ1v) is 10.9. The molecule has 0 saturated carbocycles. The van der Waals surface area contributed by atoms with E-state index in [9.17, 15) is 4.79 Å². The number of anilines is 2. The molecule has 162 valence electrons. The monoisotopic (exact) mass is 411 g/mol. The van der Waals surface area contributed by atoms with Gasteiger partial charge in [0.1, 0.15) is 18.2 Å². The lowest BCUT2D eigenvalue weighted by molar-refractivity contribution is -0.135. The number of nitrogens with one attached hydrogen (secondary N) is 1. The fourth-order valence-corrected chi connectivity index (χ4v) is 3.80. The second kappa shape index (κ2) is 10.8. The summed E-state index contributed by atoms with van der Waals surface area (Å²) in [6.45, 7) is 10.3. The molecule has 1 atom stereocenters. The Morgan fingerprint density at radius 1 is 1.23 bits per heavy atom. The summed E-state index contributed by atoms with van der Waals surface area (Å²) in [5.74, 6) is 2.59. The molecule has 0 spiro atoms. The first kappa shape index (κ1) is 21.9. The number of hydrogen-bond donors (Lipinski definition) is 1. The molecule has 0 bridgehead atoms. The van der Waals surface area contributed by atoms with E-state index in [0.29, 0.717) is 25.6 Å². The molecular weight excluding hydrogens is 378 g/mol. The Balaban J connectivity index is 1.59. The highest BCUT2D eigenvalue weighted by atomic mass is 16.5. The Hall–Kier alpha value is -2.83. The number of hydrogen-bond acceptors (Lipinski definition) is 6. The predicted molar refractivity (Wildman–Crippen MR) is 120 cm³/mol. The largest absolute Gasteiger partial charge is 0.492 e. The zero-order valence-corrected chi connectivity index (χ0v) is 18.3. The fraction of sp³-hybridized carbons (Fsp3) is 0.522. The molecule has 30 heavy (non-hydrogen) atoms. The van der Waals surface area contributed by atoms with Crippen molar-refractivity contribution in [1.29, 1.82) is 0 Å². The van der Waals surface area contributed by atoms with Crippen LogP contribution in [-0.2, 0) is 4.79 Å². The van der Waals surface area contributed by atoms with Crippen LogP contribution in [0.1, 0.15) is 32.4 Å². The molecule has 1 aromatic carbocycles. The highest BCUT2D eigenvalue weighted by molar-refractivity contribution is 5.79. The highest BCUT2D eigenvalue weighted by Crippen LogP contribution is 2.23. The van der Waals surface area contributed by atoms with Crippen molar-refractivity contribution in [1.82, 2.24) is 14.9 Å². The lowest BCUT2D eigenvalue weighted by Gasteiger charge is -2.34. The standard InChI is InChI=1S/C23H33N5O2/c1-4-27(5-2)22(29)19-10-9-14-28(17-19)23-25-18(3)16-21(26-23)24-13-15-30-20-11-7-6-8-12-20/h6-8,11-12,16,19H,4-5,9-10,13-15,17H2,1-3H3,(H,24,25,26). The number of rotatable bonds is 9. The van der Waals surface area contributed by atoms with Crippen molar-refractivity contribution in [3.63, 3.8) is 0 Å². The molecule has 1 aromatic heterocycles. The van der Waals surface area contributed by atoms with Gasteiger partial charge >= 0.3 is 0 Å². The number of benzene rings is 1. The molecule has 1 aliphatic heterocycles. The Morgan fingerprint density at radius 2 is 2.00 bits per heavy atom.